The number of amides is 1. The van der Waals surface area contributed by atoms with Crippen LogP contribution >= 0.6 is 0 Å². The highest BCUT2D eigenvalue weighted by atomic mass is 32.3. The van der Waals surface area contributed by atoms with Crippen molar-refractivity contribution in [3.63, 3.8) is 0 Å². The number of hydrogen-bond donors (Lipinski definition) is 0. The number of benzene rings is 1. The Balaban J connectivity index is 1.88. The van der Waals surface area contributed by atoms with Gasteiger partial charge in [0.05, 0.1) is 11.3 Å². The van der Waals surface area contributed by atoms with E-state index in [-0.39, 0.29) is 18.9 Å². The first-order valence-electron chi connectivity index (χ1n) is 6.92. The molecule has 1 aromatic heterocycles. The van der Waals surface area contributed by atoms with Gasteiger partial charge >= 0.3 is 10.2 Å². The summed E-state index contributed by atoms with van der Waals surface area (Å²) in [7, 11) is -4.56. The zero-order valence-electron chi connectivity index (χ0n) is 12.0. The van der Waals surface area contributed by atoms with E-state index in [2.05, 4.69) is 4.98 Å². The molecule has 7 heteroatoms. The molecule has 2 heterocycles. The zero-order chi connectivity index (χ0) is 15.9. The molecule has 1 aromatic carbocycles. The molecule has 3 rings (SSSR count). The largest absolute Gasteiger partial charge is 0.312 e. The third kappa shape index (κ3) is 3.09. The van der Waals surface area contributed by atoms with E-state index in [1.807, 2.05) is 31.2 Å². The first kappa shape index (κ1) is 14.9. The Labute approximate surface area is 128 Å². The maximum Gasteiger partial charge on any atom is 0.302 e. The maximum atomic E-state index is 12.8. The van der Waals surface area contributed by atoms with Crippen LogP contribution in [0.3, 0.4) is 0 Å². The molecular weight excluding hydrogens is 307 g/mol. The molecule has 0 radical (unpaired) electrons. The molecule has 1 saturated heterocycles. The second kappa shape index (κ2) is 5.31. The second-order valence-corrected chi connectivity index (χ2v) is 7.02. The molecular formula is C15H15FN2O3S. The molecule has 116 valence electrons. The fraction of sp³-hybridized carbons (Fsp3) is 0.333. The average molecular weight is 322 g/mol. The van der Waals surface area contributed by atoms with Crippen molar-refractivity contribution in [2.45, 2.75) is 13.3 Å². The van der Waals surface area contributed by atoms with Gasteiger partial charge in [-0.05, 0) is 31.2 Å². The normalized spacial score (nSPS) is 19.1. The highest BCUT2D eigenvalue weighted by Crippen LogP contribution is 2.28. The molecule has 1 atom stereocenters. The molecule has 0 saturated carbocycles. The number of halogens is 1. The van der Waals surface area contributed by atoms with Crippen LogP contribution in [0.15, 0.2) is 30.3 Å². The van der Waals surface area contributed by atoms with Crippen molar-refractivity contribution in [3.8, 4) is 0 Å². The van der Waals surface area contributed by atoms with E-state index in [4.69, 9.17) is 0 Å². The van der Waals surface area contributed by atoms with Crippen LogP contribution in [0.2, 0.25) is 0 Å². The predicted molar refractivity (Wildman–Crippen MR) is 81.8 cm³/mol. The fourth-order valence-electron chi connectivity index (χ4n) is 2.81. The number of carbonyl (C=O) groups excluding carboxylic acids is 1. The molecule has 22 heavy (non-hydrogen) atoms. The molecule has 1 aliphatic heterocycles. The highest BCUT2D eigenvalue weighted by Gasteiger charge is 2.33. The van der Waals surface area contributed by atoms with Crippen LogP contribution in [-0.4, -0.2) is 31.6 Å². The number of rotatable bonds is 3. The lowest BCUT2D eigenvalue weighted by molar-refractivity contribution is -0.117. The monoisotopic (exact) mass is 322 g/mol. The summed E-state index contributed by atoms with van der Waals surface area (Å²) in [5, 5.41) is 0.900. The second-order valence-electron chi connectivity index (χ2n) is 5.61. The summed E-state index contributed by atoms with van der Waals surface area (Å²) < 4.78 is 34.3. The van der Waals surface area contributed by atoms with Crippen molar-refractivity contribution in [2.75, 3.05) is 17.2 Å². The van der Waals surface area contributed by atoms with E-state index in [1.54, 1.807) is 6.07 Å². The van der Waals surface area contributed by atoms with Gasteiger partial charge in [0.1, 0.15) is 0 Å². The third-order valence-electron chi connectivity index (χ3n) is 3.76. The van der Waals surface area contributed by atoms with Crippen LogP contribution in [-0.2, 0) is 15.0 Å². The summed E-state index contributed by atoms with van der Waals surface area (Å²) in [6, 6.07) is 9.25. The van der Waals surface area contributed by atoms with Gasteiger partial charge in [0.25, 0.3) is 0 Å². The van der Waals surface area contributed by atoms with Crippen molar-refractivity contribution in [1.82, 2.24) is 4.98 Å². The Morgan fingerprint density at radius 3 is 2.82 bits per heavy atom. The Bertz CT molecular complexity index is 851. The predicted octanol–water partition coefficient (Wildman–Crippen LogP) is 2.20. The summed E-state index contributed by atoms with van der Waals surface area (Å²) in [5.74, 6) is -1.30. The first-order chi connectivity index (χ1) is 10.3. The number of pyridine rings is 1. The van der Waals surface area contributed by atoms with Gasteiger partial charge in [-0.1, -0.05) is 6.07 Å². The van der Waals surface area contributed by atoms with Gasteiger partial charge in [0.15, 0.2) is 0 Å². The standard InChI is InChI=1S/C15H15FN2O3S/c1-10-2-3-12-7-13(4-5-14(12)17-10)18-8-11(6-15(18)19)9-22(16,20)21/h2-5,7,11H,6,8-9H2,1H3. The van der Waals surface area contributed by atoms with Crippen LogP contribution in [0.5, 0.6) is 0 Å². The van der Waals surface area contributed by atoms with E-state index < -0.39 is 21.9 Å². The number of hydrogen-bond acceptors (Lipinski definition) is 4. The van der Waals surface area contributed by atoms with Crippen molar-refractivity contribution in [3.05, 3.63) is 36.0 Å². The molecule has 0 spiro atoms. The molecule has 2 aromatic rings. The van der Waals surface area contributed by atoms with Gasteiger partial charge in [-0.15, -0.1) is 3.89 Å². The lowest BCUT2D eigenvalue weighted by atomic mass is 10.1. The highest BCUT2D eigenvalue weighted by molar-refractivity contribution is 7.86. The molecule has 1 amide bonds. The van der Waals surface area contributed by atoms with Crippen LogP contribution in [0, 0.1) is 12.8 Å². The van der Waals surface area contributed by atoms with E-state index in [0.29, 0.717) is 5.69 Å². The van der Waals surface area contributed by atoms with Gasteiger partial charge in [-0.25, -0.2) is 0 Å². The molecule has 0 N–H and O–H groups in total. The smallest absolute Gasteiger partial charge is 0.302 e. The summed E-state index contributed by atoms with van der Waals surface area (Å²) >= 11 is 0. The van der Waals surface area contributed by atoms with Gasteiger partial charge in [0.2, 0.25) is 5.91 Å². The van der Waals surface area contributed by atoms with Crippen LogP contribution in [0.1, 0.15) is 12.1 Å². The summed E-state index contributed by atoms with van der Waals surface area (Å²) in [5.41, 5.74) is 2.42. The van der Waals surface area contributed by atoms with Gasteiger partial charge in [-0.3, -0.25) is 9.78 Å². The minimum absolute atomic E-state index is 0.0489. The molecule has 0 aliphatic carbocycles. The number of anilines is 1. The van der Waals surface area contributed by atoms with E-state index in [0.717, 1.165) is 16.6 Å². The number of carbonyl (C=O) groups is 1. The number of fused-ring (bicyclic) bond motifs is 1. The van der Waals surface area contributed by atoms with Crippen molar-refractivity contribution >= 4 is 32.7 Å². The number of aromatic nitrogens is 1. The molecule has 0 bridgehead atoms. The molecule has 1 aliphatic rings. The van der Waals surface area contributed by atoms with E-state index >= 15 is 0 Å². The van der Waals surface area contributed by atoms with Gasteiger partial charge in [0, 0.05) is 35.7 Å². The number of aryl methyl sites for hydroxylation is 1. The zero-order valence-corrected chi connectivity index (χ0v) is 12.8. The maximum absolute atomic E-state index is 12.8. The summed E-state index contributed by atoms with van der Waals surface area (Å²) in [6.45, 7) is 2.12. The van der Waals surface area contributed by atoms with Crippen molar-refractivity contribution in [2.24, 2.45) is 5.92 Å². The molecule has 5 nitrogen and oxygen atoms in total. The van der Waals surface area contributed by atoms with Crippen molar-refractivity contribution in [1.29, 1.82) is 0 Å². The minimum Gasteiger partial charge on any atom is -0.312 e. The van der Waals surface area contributed by atoms with E-state index in [9.17, 15) is 17.1 Å². The molecule has 1 unspecified atom stereocenters. The summed E-state index contributed by atoms with van der Waals surface area (Å²) in [6.07, 6.45) is 0.0489. The van der Waals surface area contributed by atoms with E-state index in [1.165, 1.54) is 4.90 Å². The first-order valence-corrected chi connectivity index (χ1v) is 8.47. The van der Waals surface area contributed by atoms with Gasteiger partial charge in [-0.2, -0.15) is 8.42 Å². The Morgan fingerprint density at radius 2 is 2.09 bits per heavy atom. The quantitative estimate of drug-likeness (QED) is 0.813. The van der Waals surface area contributed by atoms with Gasteiger partial charge < -0.3 is 4.90 Å². The van der Waals surface area contributed by atoms with Crippen LogP contribution in [0.25, 0.3) is 10.9 Å². The minimum atomic E-state index is -4.56. The van der Waals surface area contributed by atoms with Crippen molar-refractivity contribution < 1.29 is 17.1 Å². The topological polar surface area (TPSA) is 67.3 Å². The Morgan fingerprint density at radius 1 is 1.32 bits per heavy atom. The Kier molecular flexibility index (Phi) is 3.60. The lowest BCUT2D eigenvalue weighted by Crippen LogP contribution is -2.25. The Hall–Kier alpha value is -2.02. The number of nitrogens with zero attached hydrogens (tertiary/aromatic N) is 2. The third-order valence-corrected chi connectivity index (χ3v) is 4.63. The molecule has 1 fully saturated rings. The van der Waals surface area contributed by atoms with Crippen LogP contribution in [0.4, 0.5) is 9.57 Å². The average Bonchev–Trinajstić information content (AvgIpc) is 2.76. The van der Waals surface area contributed by atoms with Crippen LogP contribution < -0.4 is 4.90 Å². The lowest BCUT2D eigenvalue weighted by Gasteiger charge is -2.17. The fourth-order valence-corrected chi connectivity index (χ4v) is 3.59. The SMILES string of the molecule is Cc1ccc2cc(N3CC(CS(=O)(=O)F)CC3=O)ccc2n1. The summed E-state index contributed by atoms with van der Waals surface area (Å²) in [4.78, 5) is 18.0.